The summed E-state index contributed by atoms with van der Waals surface area (Å²) in [4.78, 5) is 2.31. The van der Waals surface area contributed by atoms with Gasteiger partial charge in [0.15, 0.2) is 11.5 Å². The molecule has 0 unspecified atom stereocenters. The molecule has 2 aliphatic rings. The zero-order valence-corrected chi connectivity index (χ0v) is 30.1. The molecule has 0 saturated heterocycles. The molecule has 8 aromatic carbocycles. The first-order valence-corrected chi connectivity index (χ1v) is 18.7. The van der Waals surface area contributed by atoms with E-state index in [0.717, 1.165) is 56.5 Å². The van der Waals surface area contributed by atoms with E-state index in [4.69, 9.17) is 4.74 Å². The largest absolute Gasteiger partial charge is 0.453 e. The van der Waals surface area contributed by atoms with Crippen molar-refractivity contribution in [1.29, 1.82) is 0 Å². The van der Waals surface area contributed by atoms with Gasteiger partial charge in [0.1, 0.15) is 0 Å². The maximum absolute atomic E-state index is 6.83. The smallest absolute Gasteiger partial charge is 0.152 e. The van der Waals surface area contributed by atoms with E-state index in [1.54, 1.807) is 0 Å². The molecule has 0 bridgehead atoms. The molecule has 3 heteroatoms. The highest BCUT2D eigenvalue weighted by Crippen LogP contribution is 2.53. The van der Waals surface area contributed by atoms with Gasteiger partial charge in [-0.25, -0.2) is 0 Å². The highest BCUT2D eigenvalue weighted by atomic mass is 16.5. The number of hydrogen-bond acceptors (Lipinski definition) is 2. The first-order valence-electron chi connectivity index (χ1n) is 18.7. The molecule has 3 nitrogen and oxygen atoms in total. The first-order chi connectivity index (χ1) is 26.5. The highest BCUT2D eigenvalue weighted by Gasteiger charge is 2.36. The second-order valence-corrected chi connectivity index (χ2v) is 15.0. The van der Waals surface area contributed by atoms with Crippen molar-refractivity contribution >= 4 is 38.9 Å². The normalized spacial score (nSPS) is 13.6. The minimum atomic E-state index is -0.0828. The first kappa shape index (κ1) is 30.8. The quantitative estimate of drug-likeness (QED) is 0.183. The second-order valence-electron chi connectivity index (χ2n) is 15.0. The van der Waals surface area contributed by atoms with E-state index in [1.807, 2.05) is 0 Å². The molecule has 256 valence electrons. The van der Waals surface area contributed by atoms with Crippen LogP contribution >= 0.6 is 0 Å². The van der Waals surface area contributed by atoms with Crippen molar-refractivity contribution in [2.24, 2.45) is 0 Å². The molecule has 1 aliphatic carbocycles. The van der Waals surface area contributed by atoms with Crippen LogP contribution in [-0.2, 0) is 5.41 Å². The van der Waals surface area contributed by atoms with Gasteiger partial charge in [0, 0.05) is 27.6 Å². The van der Waals surface area contributed by atoms with Gasteiger partial charge >= 0.3 is 0 Å². The van der Waals surface area contributed by atoms with Gasteiger partial charge in [-0.3, -0.25) is 0 Å². The number of aromatic nitrogens is 1. The van der Waals surface area contributed by atoms with E-state index in [0.29, 0.717) is 0 Å². The Morgan fingerprint density at radius 3 is 1.67 bits per heavy atom. The maximum Gasteiger partial charge on any atom is 0.152 e. The van der Waals surface area contributed by atoms with Crippen LogP contribution in [0.5, 0.6) is 11.5 Å². The second kappa shape index (κ2) is 11.6. The van der Waals surface area contributed by atoms with E-state index in [9.17, 15) is 0 Å². The third-order valence-corrected chi connectivity index (χ3v) is 11.6. The lowest BCUT2D eigenvalue weighted by Crippen LogP contribution is -2.15. The Bertz CT molecular complexity index is 2920. The third-order valence-electron chi connectivity index (χ3n) is 11.6. The lowest BCUT2D eigenvalue weighted by Gasteiger charge is -2.33. The number of para-hydroxylation sites is 2. The Kier molecular flexibility index (Phi) is 6.60. The van der Waals surface area contributed by atoms with Crippen LogP contribution in [0.3, 0.4) is 0 Å². The number of rotatable bonds is 4. The molecule has 0 N–H and O–H groups in total. The minimum absolute atomic E-state index is 0.0828. The SMILES string of the molecule is CC1(C)c2ccccc2-c2cc3c4cc(-c5ccc6c(c5)Oc5cc(-c7ccccc7)ccc5N6c5ccccc5)ccc4n(-c4ccccc4)c3cc21. The summed E-state index contributed by atoms with van der Waals surface area (Å²) in [5.41, 5.74) is 16.6. The predicted molar refractivity (Wildman–Crippen MR) is 224 cm³/mol. The van der Waals surface area contributed by atoms with Crippen LogP contribution in [0.4, 0.5) is 17.1 Å². The fourth-order valence-corrected chi connectivity index (χ4v) is 8.90. The van der Waals surface area contributed by atoms with E-state index in [-0.39, 0.29) is 5.41 Å². The van der Waals surface area contributed by atoms with Gasteiger partial charge in [-0.05, 0) is 117 Å². The Hall–Kier alpha value is -6.84. The molecule has 0 amide bonds. The minimum Gasteiger partial charge on any atom is -0.453 e. The lowest BCUT2D eigenvalue weighted by atomic mass is 9.82. The summed E-state index contributed by atoms with van der Waals surface area (Å²) in [6.07, 6.45) is 0. The fraction of sp³-hybridized carbons (Fsp3) is 0.0588. The summed E-state index contributed by atoms with van der Waals surface area (Å²) in [7, 11) is 0. The third kappa shape index (κ3) is 4.55. The molecule has 2 heterocycles. The number of fused-ring (bicyclic) bond motifs is 8. The Balaban J connectivity index is 1.09. The molecule has 0 spiro atoms. The van der Waals surface area contributed by atoms with E-state index < -0.39 is 0 Å². The molecule has 1 aromatic heterocycles. The highest BCUT2D eigenvalue weighted by molar-refractivity contribution is 6.12. The molecule has 1 aliphatic heterocycles. The van der Waals surface area contributed by atoms with Gasteiger partial charge in [-0.1, -0.05) is 123 Å². The van der Waals surface area contributed by atoms with Crippen molar-refractivity contribution in [3.05, 3.63) is 193 Å². The average molecular weight is 693 g/mol. The molecule has 0 fully saturated rings. The Morgan fingerprint density at radius 1 is 0.407 bits per heavy atom. The summed E-state index contributed by atoms with van der Waals surface area (Å²) < 4.78 is 9.26. The standard InChI is InChI=1S/C51H36N2O/c1-51(2)43-21-13-12-20-39(43)40-31-42-41-28-34(22-25-45(41)52(48(42)32-44(40)51)37-16-8-4-9-17-37)36-24-27-47-50(30-36)54-49-29-35(33-14-6-3-7-15-33)23-26-46(49)53(47)38-18-10-5-11-19-38/h3-32H,1-2H3. The van der Waals surface area contributed by atoms with Gasteiger partial charge in [0.05, 0.1) is 22.4 Å². The van der Waals surface area contributed by atoms with Crippen molar-refractivity contribution in [1.82, 2.24) is 4.57 Å². The van der Waals surface area contributed by atoms with Crippen LogP contribution in [0, 0.1) is 0 Å². The molecule has 0 radical (unpaired) electrons. The Morgan fingerprint density at radius 2 is 0.963 bits per heavy atom. The predicted octanol–water partition coefficient (Wildman–Crippen LogP) is 14.0. The van der Waals surface area contributed by atoms with Crippen LogP contribution in [0.2, 0.25) is 0 Å². The van der Waals surface area contributed by atoms with Crippen molar-refractivity contribution in [2.75, 3.05) is 4.90 Å². The summed E-state index contributed by atoms with van der Waals surface area (Å²) in [5, 5.41) is 2.49. The summed E-state index contributed by atoms with van der Waals surface area (Å²) in [6.45, 7) is 4.71. The van der Waals surface area contributed by atoms with Crippen LogP contribution in [0.1, 0.15) is 25.0 Å². The summed E-state index contributed by atoms with van der Waals surface area (Å²) in [6, 6.07) is 65.7. The summed E-state index contributed by atoms with van der Waals surface area (Å²) >= 11 is 0. The van der Waals surface area contributed by atoms with E-state index >= 15 is 0 Å². The molecule has 9 aromatic rings. The van der Waals surface area contributed by atoms with Crippen molar-refractivity contribution in [3.63, 3.8) is 0 Å². The molecular formula is C51H36N2O. The van der Waals surface area contributed by atoms with Crippen LogP contribution < -0.4 is 9.64 Å². The molecule has 0 saturated carbocycles. The number of benzene rings is 8. The maximum atomic E-state index is 6.83. The van der Waals surface area contributed by atoms with Gasteiger partial charge in [-0.15, -0.1) is 0 Å². The van der Waals surface area contributed by atoms with Crippen molar-refractivity contribution in [2.45, 2.75) is 19.3 Å². The topological polar surface area (TPSA) is 17.4 Å². The zero-order valence-electron chi connectivity index (χ0n) is 30.1. The Labute approximate surface area is 315 Å². The number of ether oxygens (including phenoxy) is 1. The number of anilines is 3. The van der Waals surface area contributed by atoms with Gasteiger partial charge < -0.3 is 14.2 Å². The van der Waals surface area contributed by atoms with E-state index in [2.05, 4.69) is 205 Å². The van der Waals surface area contributed by atoms with Gasteiger partial charge in [0.25, 0.3) is 0 Å². The van der Waals surface area contributed by atoms with Crippen molar-refractivity contribution in [3.8, 4) is 50.6 Å². The number of nitrogens with zero attached hydrogens (tertiary/aromatic N) is 2. The van der Waals surface area contributed by atoms with Crippen LogP contribution in [0.25, 0.3) is 60.9 Å². The molecule has 54 heavy (non-hydrogen) atoms. The van der Waals surface area contributed by atoms with Gasteiger partial charge in [0.2, 0.25) is 0 Å². The fourth-order valence-electron chi connectivity index (χ4n) is 8.90. The zero-order chi connectivity index (χ0) is 36.0. The summed E-state index contributed by atoms with van der Waals surface area (Å²) in [5.74, 6) is 1.67. The average Bonchev–Trinajstić information content (AvgIpc) is 3.66. The van der Waals surface area contributed by atoms with Crippen LogP contribution in [-0.4, -0.2) is 4.57 Å². The molecular weight excluding hydrogens is 657 g/mol. The number of hydrogen-bond donors (Lipinski definition) is 0. The van der Waals surface area contributed by atoms with Crippen molar-refractivity contribution < 1.29 is 4.74 Å². The monoisotopic (exact) mass is 692 g/mol. The molecule has 0 atom stereocenters. The lowest BCUT2D eigenvalue weighted by molar-refractivity contribution is 0.477. The van der Waals surface area contributed by atoms with Crippen LogP contribution in [0.15, 0.2) is 182 Å². The molecule has 11 rings (SSSR count). The van der Waals surface area contributed by atoms with Gasteiger partial charge in [-0.2, -0.15) is 0 Å². The van der Waals surface area contributed by atoms with E-state index in [1.165, 1.54) is 44.1 Å².